The molecule has 0 radical (unpaired) electrons. The zero-order chi connectivity index (χ0) is 24.3. The van der Waals surface area contributed by atoms with Crippen LogP contribution in [-0.2, 0) is 11.3 Å². The van der Waals surface area contributed by atoms with Gasteiger partial charge < -0.3 is 19.7 Å². The number of carbonyl (C=O) groups excluding carboxylic acids is 1. The Balaban J connectivity index is 1.52. The van der Waals surface area contributed by atoms with Gasteiger partial charge in [-0.3, -0.25) is 9.59 Å². The van der Waals surface area contributed by atoms with Crippen molar-refractivity contribution >= 4 is 11.6 Å². The molecule has 1 heterocycles. The van der Waals surface area contributed by atoms with Crippen LogP contribution in [0.5, 0.6) is 11.5 Å². The first-order chi connectivity index (χ1) is 16.5. The maximum Gasteiger partial charge on any atom is 0.266 e. The summed E-state index contributed by atoms with van der Waals surface area (Å²) in [6.45, 7) is 8.94. The first kappa shape index (κ1) is 24.8. The number of rotatable bonds is 12. The van der Waals surface area contributed by atoms with E-state index in [0.29, 0.717) is 18.1 Å². The maximum absolute atomic E-state index is 12.2. The molecule has 2 aromatic carbocycles. The van der Waals surface area contributed by atoms with Gasteiger partial charge in [0.1, 0.15) is 11.5 Å². The molecule has 1 amide bonds. The number of benzene rings is 2. The summed E-state index contributed by atoms with van der Waals surface area (Å²) in [6, 6.07) is 18.4. The van der Waals surface area contributed by atoms with Crippen molar-refractivity contribution in [2.24, 2.45) is 0 Å². The van der Waals surface area contributed by atoms with Crippen LogP contribution in [0.1, 0.15) is 20.8 Å². The summed E-state index contributed by atoms with van der Waals surface area (Å²) in [7, 11) is 0. The van der Waals surface area contributed by atoms with E-state index in [1.165, 1.54) is 10.7 Å². The molecule has 0 bridgehead atoms. The molecule has 0 unspecified atom stereocenters. The van der Waals surface area contributed by atoms with Gasteiger partial charge >= 0.3 is 0 Å². The smallest absolute Gasteiger partial charge is 0.266 e. The van der Waals surface area contributed by atoms with Crippen LogP contribution in [0.2, 0.25) is 0 Å². The molecular weight excluding hydrogens is 432 g/mol. The van der Waals surface area contributed by atoms with E-state index in [9.17, 15) is 9.59 Å². The van der Waals surface area contributed by atoms with Crippen molar-refractivity contribution in [3.05, 3.63) is 71.0 Å². The van der Waals surface area contributed by atoms with Crippen LogP contribution in [0.25, 0.3) is 11.3 Å². The van der Waals surface area contributed by atoms with Gasteiger partial charge in [-0.25, -0.2) is 4.68 Å². The zero-order valence-corrected chi connectivity index (χ0v) is 20.0. The second kappa shape index (κ2) is 12.4. The summed E-state index contributed by atoms with van der Waals surface area (Å²) in [4.78, 5) is 26.6. The monoisotopic (exact) mass is 464 g/mol. The maximum atomic E-state index is 12.2. The Labute approximate surface area is 200 Å². The minimum atomic E-state index is -0.260. The average molecular weight is 465 g/mol. The largest absolute Gasteiger partial charge is 0.494 e. The van der Waals surface area contributed by atoms with E-state index in [-0.39, 0.29) is 31.2 Å². The summed E-state index contributed by atoms with van der Waals surface area (Å²) in [5.41, 5.74) is 2.38. The summed E-state index contributed by atoms with van der Waals surface area (Å²) in [5.74, 6) is 1.16. The summed E-state index contributed by atoms with van der Waals surface area (Å²) < 4.78 is 12.5. The Hall–Kier alpha value is -3.81. The number of carbonyl (C=O) groups is 1. The zero-order valence-electron chi connectivity index (χ0n) is 20.0. The molecule has 8 heteroatoms. The Kier molecular flexibility index (Phi) is 9.08. The van der Waals surface area contributed by atoms with Crippen molar-refractivity contribution in [2.75, 3.05) is 37.7 Å². The summed E-state index contributed by atoms with van der Waals surface area (Å²) in [5, 5.41) is 7.21. The Bertz CT molecular complexity index is 1120. The van der Waals surface area contributed by atoms with Crippen molar-refractivity contribution in [3.63, 3.8) is 0 Å². The van der Waals surface area contributed by atoms with E-state index in [1.54, 1.807) is 6.07 Å². The number of anilines is 1. The predicted molar refractivity (Wildman–Crippen MR) is 134 cm³/mol. The SMILES string of the molecule is CCOc1ccc(-c2ccc(=O)n(CCNC(=O)COc3cccc(N(CC)CC)c3)n2)cc1. The number of amides is 1. The Morgan fingerprint density at radius 2 is 1.74 bits per heavy atom. The van der Waals surface area contributed by atoms with Crippen LogP contribution < -0.4 is 25.2 Å². The van der Waals surface area contributed by atoms with Crippen LogP contribution in [0, 0.1) is 0 Å². The third-order valence-corrected chi connectivity index (χ3v) is 5.29. The van der Waals surface area contributed by atoms with E-state index in [4.69, 9.17) is 9.47 Å². The third-order valence-electron chi connectivity index (χ3n) is 5.29. The highest BCUT2D eigenvalue weighted by molar-refractivity contribution is 5.77. The van der Waals surface area contributed by atoms with Crippen LogP contribution in [0.3, 0.4) is 0 Å². The van der Waals surface area contributed by atoms with Gasteiger partial charge in [-0.15, -0.1) is 0 Å². The highest BCUT2D eigenvalue weighted by Gasteiger charge is 2.08. The van der Waals surface area contributed by atoms with Crippen LogP contribution in [0.15, 0.2) is 65.5 Å². The average Bonchev–Trinajstić information content (AvgIpc) is 2.86. The van der Waals surface area contributed by atoms with Gasteiger partial charge in [0.25, 0.3) is 11.5 Å². The molecule has 0 aliphatic heterocycles. The number of nitrogens with one attached hydrogen (secondary N) is 1. The Morgan fingerprint density at radius 1 is 0.971 bits per heavy atom. The molecule has 1 N–H and O–H groups in total. The van der Waals surface area contributed by atoms with Gasteiger partial charge in [0.2, 0.25) is 0 Å². The second-order valence-corrected chi connectivity index (χ2v) is 7.55. The van der Waals surface area contributed by atoms with Gasteiger partial charge in [0.15, 0.2) is 6.61 Å². The van der Waals surface area contributed by atoms with Gasteiger partial charge in [-0.05, 0) is 63.2 Å². The lowest BCUT2D eigenvalue weighted by atomic mass is 10.1. The molecule has 34 heavy (non-hydrogen) atoms. The number of hydrogen-bond donors (Lipinski definition) is 1. The number of aromatic nitrogens is 2. The molecule has 0 aliphatic carbocycles. The molecule has 8 nitrogen and oxygen atoms in total. The fourth-order valence-electron chi connectivity index (χ4n) is 3.51. The summed E-state index contributed by atoms with van der Waals surface area (Å²) in [6.07, 6.45) is 0. The van der Waals surface area contributed by atoms with Crippen LogP contribution >= 0.6 is 0 Å². The standard InChI is InChI=1S/C26H32N4O4/c1-4-29(5-2)21-8-7-9-23(18-21)34-19-25(31)27-16-17-30-26(32)15-14-24(28-30)20-10-12-22(13-11-20)33-6-3/h7-15,18H,4-6,16-17,19H2,1-3H3,(H,27,31). The molecule has 3 aromatic rings. The van der Waals surface area contributed by atoms with Crippen molar-refractivity contribution < 1.29 is 14.3 Å². The molecule has 3 rings (SSSR count). The van der Waals surface area contributed by atoms with Crippen molar-refractivity contribution in [1.29, 1.82) is 0 Å². The van der Waals surface area contributed by atoms with Crippen molar-refractivity contribution in [1.82, 2.24) is 15.1 Å². The summed E-state index contributed by atoms with van der Waals surface area (Å²) >= 11 is 0. The molecule has 0 atom stereocenters. The number of nitrogens with zero attached hydrogens (tertiary/aromatic N) is 3. The van der Waals surface area contributed by atoms with Crippen LogP contribution in [-0.4, -0.2) is 48.5 Å². The van der Waals surface area contributed by atoms with E-state index in [0.717, 1.165) is 30.1 Å². The highest BCUT2D eigenvalue weighted by atomic mass is 16.5. The molecule has 0 aliphatic rings. The lowest BCUT2D eigenvalue weighted by molar-refractivity contribution is -0.123. The van der Waals surface area contributed by atoms with E-state index in [2.05, 4.69) is 29.2 Å². The van der Waals surface area contributed by atoms with Crippen molar-refractivity contribution in [2.45, 2.75) is 27.3 Å². The van der Waals surface area contributed by atoms with E-state index >= 15 is 0 Å². The minimum absolute atomic E-state index is 0.101. The quantitative estimate of drug-likeness (QED) is 0.442. The fourth-order valence-corrected chi connectivity index (χ4v) is 3.51. The lowest BCUT2D eigenvalue weighted by Gasteiger charge is -2.21. The topological polar surface area (TPSA) is 85.7 Å². The molecule has 180 valence electrons. The fraction of sp³-hybridized carbons (Fsp3) is 0.346. The first-order valence-corrected chi connectivity index (χ1v) is 11.6. The van der Waals surface area contributed by atoms with Gasteiger partial charge in [-0.1, -0.05) is 6.07 Å². The first-order valence-electron chi connectivity index (χ1n) is 11.6. The Morgan fingerprint density at radius 3 is 2.44 bits per heavy atom. The van der Waals surface area contributed by atoms with E-state index in [1.807, 2.05) is 55.5 Å². The highest BCUT2D eigenvalue weighted by Crippen LogP contribution is 2.21. The molecule has 0 saturated carbocycles. The normalized spacial score (nSPS) is 10.6. The predicted octanol–water partition coefficient (Wildman–Crippen LogP) is 3.35. The lowest BCUT2D eigenvalue weighted by Crippen LogP contribution is -2.34. The molecule has 0 fully saturated rings. The molecule has 1 aromatic heterocycles. The van der Waals surface area contributed by atoms with E-state index < -0.39 is 0 Å². The number of ether oxygens (including phenoxy) is 2. The van der Waals surface area contributed by atoms with Crippen LogP contribution in [0.4, 0.5) is 5.69 Å². The molecule has 0 saturated heterocycles. The molecule has 0 spiro atoms. The molecular formula is C26H32N4O4. The van der Waals surface area contributed by atoms with Gasteiger partial charge in [-0.2, -0.15) is 5.10 Å². The minimum Gasteiger partial charge on any atom is -0.494 e. The van der Waals surface area contributed by atoms with Gasteiger partial charge in [0, 0.05) is 43.0 Å². The van der Waals surface area contributed by atoms with Crippen molar-refractivity contribution in [3.8, 4) is 22.8 Å². The third kappa shape index (κ3) is 6.84. The van der Waals surface area contributed by atoms with Gasteiger partial charge in [0.05, 0.1) is 18.8 Å². The second-order valence-electron chi connectivity index (χ2n) is 7.55. The number of hydrogen-bond acceptors (Lipinski definition) is 6.